The Morgan fingerprint density at radius 2 is 2.20 bits per heavy atom. The van der Waals surface area contributed by atoms with E-state index >= 15 is 0 Å². The standard InChI is InChI=1S/C11H12N2O2/c1-4-15-11(14)6-5-10-7-8(2)12-9(3)13-10/h7H,4H2,1-3H3. The Labute approximate surface area is 88.7 Å². The average Bonchev–Trinajstić information content (AvgIpc) is 2.14. The summed E-state index contributed by atoms with van der Waals surface area (Å²) >= 11 is 0. The molecule has 4 nitrogen and oxygen atoms in total. The Balaban J connectivity index is 2.84. The number of ether oxygens (including phenoxy) is 1. The van der Waals surface area contributed by atoms with E-state index in [1.54, 1.807) is 19.9 Å². The van der Waals surface area contributed by atoms with E-state index in [0.717, 1.165) is 5.69 Å². The van der Waals surface area contributed by atoms with Gasteiger partial charge in [0.25, 0.3) is 0 Å². The first-order valence-corrected chi connectivity index (χ1v) is 4.63. The second-order valence-electron chi connectivity index (χ2n) is 2.91. The third-order valence-electron chi connectivity index (χ3n) is 1.53. The van der Waals surface area contributed by atoms with E-state index in [4.69, 9.17) is 0 Å². The maximum absolute atomic E-state index is 10.9. The van der Waals surface area contributed by atoms with Crippen LogP contribution < -0.4 is 0 Å². The zero-order chi connectivity index (χ0) is 11.3. The molecule has 0 radical (unpaired) electrons. The molecule has 0 bridgehead atoms. The first-order chi connectivity index (χ1) is 7.11. The fraction of sp³-hybridized carbons (Fsp3) is 0.364. The first-order valence-electron chi connectivity index (χ1n) is 4.63. The van der Waals surface area contributed by atoms with Crippen LogP contribution in [0.1, 0.15) is 24.1 Å². The molecule has 0 aliphatic carbocycles. The lowest BCUT2D eigenvalue weighted by Gasteiger charge is -1.95. The lowest BCUT2D eigenvalue weighted by Crippen LogP contribution is -2.00. The highest BCUT2D eigenvalue weighted by Crippen LogP contribution is 1.97. The van der Waals surface area contributed by atoms with Gasteiger partial charge >= 0.3 is 5.97 Å². The van der Waals surface area contributed by atoms with E-state index in [1.165, 1.54) is 0 Å². The highest BCUT2D eigenvalue weighted by Gasteiger charge is 1.96. The van der Waals surface area contributed by atoms with Crippen molar-refractivity contribution in [2.24, 2.45) is 0 Å². The molecule has 0 unspecified atom stereocenters. The van der Waals surface area contributed by atoms with Crippen molar-refractivity contribution in [2.75, 3.05) is 6.61 Å². The van der Waals surface area contributed by atoms with Crippen LogP contribution >= 0.6 is 0 Å². The van der Waals surface area contributed by atoms with Crippen molar-refractivity contribution in [3.8, 4) is 11.8 Å². The van der Waals surface area contributed by atoms with Crippen molar-refractivity contribution in [3.05, 3.63) is 23.3 Å². The molecule has 0 fully saturated rings. The molecule has 0 N–H and O–H groups in total. The molecule has 0 aromatic carbocycles. The fourth-order valence-electron chi connectivity index (χ4n) is 1.06. The minimum atomic E-state index is -0.536. The molecule has 4 heteroatoms. The zero-order valence-corrected chi connectivity index (χ0v) is 9.00. The Morgan fingerprint density at radius 1 is 1.47 bits per heavy atom. The first kappa shape index (κ1) is 11.2. The van der Waals surface area contributed by atoms with Crippen molar-refractivity contribution >= 4 is 5.97 Å². The molecule has 1 rings (SSSR count). The van der Waals surface area contributed by atoms with Crippen LogP contribution in [-0.4, -0.2) is 22.5 Å². The van der Waals surface area contributed by atoms with Crippen molar-refractivity contribution in [1.82, 2.24) is 9.97 Å². The van der Waals surface area contributed by atoms with Gasteiger partial charge in [-0.05, 0) is 32.8 Å². The molecule has 0 saturated carbocycles. The summed E-state index contributed by atoms with van der Waals surface area (Å²) in [5.41, 5.74) is 1.36. The summed E-state index contributed by atoms with van der Waals surface area (Å²) in [4.78, 5) is 19.1. The second kappa shape index (κ2) is 5.11. The van der Waals surface area contributed by atoms with Gasteiger partial charge in [-0.3, -0.25) is 0 Å². The van der Waals surface area contributed by atoms with Crippen LogP contribution in [0.3, 0.4) is 0 Å². The number of carbonyl (C=O) groups is 1. The summed E-state index contributed by atoms with van der Waals surface area (Å²) in [7, 11) is 0. The minimum absolute atomic E-state index is 0.329. The van der Waals surface area contributed by atoms with Crippen LogP contribution in [0, 0.1) is 25.7 Å². The number of hydrogen-bond donors (Lipinski definition) is 0. The molecule has 1 heterocycles. The van der Waals surface area contributed by atoms with Crippen molar-refractivity contribution in [3.63, 3.8) is 0 Å². The van der Waals surface area contributed by atoms with Crippen LogP contribution in [0.2, 0.25) is 0 Å². The van der Waals surface area contributed by atoms with Gasteiger partial charge in [-0.15, -0.1) is 0 Å². The number of aryl methyl sites for hydroxylation is 2. The van der Waals surface area contributed by atoms with Crippen molar-refractivity contribution in [1.29, 1.82) is 0 Å². The van der Waals surface area contributed by atoms with E-state index in [0.29, 0.717) is 18.1 Å². The maximum Gasteiger partial charge on any atom is 0.384 e. The molecule has 1 aromatic heterocycles. The van der Waals surface area contributed by atoms with E-state index in [-0.39, 0.29) is 0 Å². The van der Waals surface area contributed by atoms with Gasteiger partial charge in [0.2, 0.25) is 0 Å². The molecule has 0 atom stereocenters. The number of esters is 1. The molecule has 0 aliphatic heterocycles. The number of nitrogens with zero attached hydrogens (tertiary/aromatic N) is 2. The second-order valence-corrected chi connectivity index (χ2v) is 2.91. The lowest BCUT2D eigenvalue weighted by molar-refractivity contribution is -0.136. The van der Waals surface area contributed by atoms with Crippen LogP contribution in [-0.2, 0) is 9.53 Å². The number of aromatic nitrogens is 2. The summed E-state index contributed by atoms with van der Waals surface area (Å²) in [5.74, 6) is 5.09. The molecule has 0 amide bonds. The van der Waals surface area contributed by atoms with Gasteiger partial charge in [0.1, 0.15) is 11.5 Å². The summed E-state index contributed by atoms with van der Waals surface area (Å²) in [6, 6.07) is 1.72. The summed E-state index contributed by atoms with van der Waals surface area (Å²) in [5, 5.41) is 0. The molecule has 1 aromatic rings. The monoisotopic (exact) mass is 204 g/mol. The fourth-order valence-corrected chi connectivity index (χ4v) is 1.06. The normalized spacial score (nSPS) is 9.00. The van der Waals surface area contributed by atoms with Gasteiger partial charge in [0.05, 0.1) is 6.61 Å². The Morgan fingerprint density at radius 3 is 2.80 bits per heavy atom. The van der Waals surface area contributed by atoms with Gasteiger partial charge in [0, 0.05) is 11.6 Å². The maximum atomic E-state index is 10.9. The third kappa shape index (κ3) is 3.77. The Hall–Kier alpha value is -1.89. The van der Waals surface area contributed by atoms with Crippen LogP contribution in [0.5, 0.6) is 0 Å². The predicted octanol–water partition coefficient (Wildman–Crippen LogP) is 1.01. The highest BCUT2D eigenvalue weighted by atomic mass is 16.5. The summed E-state index contributed by atoms with van der Waals surface area (Å²) in [6.07, 6.45) is 0. The van der Waals surface area contributed by atoms with Crippen LogP contribution in [0.4, 0.5) is 0 Å². The van der Waals surface area contributed by atoms with Crippen LogP contribution in [0.25, 0.3) is 0 Å². The largest absolute Gasteiger partial charge is 0.456 e. The number of rotatable bonds is 1. The highest BCUT2D eigenvalue weighted by molar-refractivity contribution is 5.88. The lowest BCUT2D eigenvalue weighted by atomic mass is 10.3. The minimum Gasteiger partial charge on any atom is -0.456 e. The van der Waals surface area contributed by atoms with Crippen molar-refractivity contribution < 1.29 is 9.53 Å². The number of carbonyl (C=O) groups excluding carboxylic acids is 1. The average molecular weight is 204 g/mol. The molecule has 78 valence electrons. The molecule has 15 heavy (non-hydrogen) atoms. The summed E-state index contributed by atoms with van der Waals surface area (Å²) < 4.78 is 4.67. The van der Waals surface area contributed by atoms with Crippen molar-refractivity contribution in [2.45, 2.75) is 20.8 Å². The predicted molar refractivity (Wildman–Crippen MR) is 55.0 cm³/mol. The molecular weight excluding hydrogens is 192 g/mol. The van der Waals surface area contributed by atoms with E-state index in [1.807, 2.05) is 6.92 Å². The van der Waals surface area contributed by atoms with E-state index in [2.05, 4.69) is 26.5 Å². The van der Waals surface area contributed by atoms with Crippen LogP contribution in [0.15, 0.2) is 6.07 Å². The van der Waals surface area contributed by atoms with Gasteiger partial charge in [-0.1, -0.05) is 0 Å². The molecule has 0 spiro atoms. The molecule has 0 saturated heterocycles. The third-order valence-corrected chi connectivity index (χ3v) is 1.53. The quantitative estimate of drug-likeness (QED) is 0.506. The molecular formula is C11H12N2O2. The zero-order valence-electron chi connectivity index (χ0n) is 9.00. The Kier molecular flexibility index (Phi) is 3.81. The van der Waals surface area contributed by atoms with E-state index < -0.39 is 5.97 Å². The smallest absolute Gasteiger partial charge is 0.384 e. The summed E-state index contributed by atoms with van der Waals surface area (Å²) in [6.45, 7) is 5.70. The topological polar surface area (TPSA) is 52.1 Å². The van der Waals surface area contributed by atoms with Gasteiger partial charge in [0.15, 0.2) is 0 Å². The SMILES string of the molecule is CCOC(=O)C#Cc1cc(C)nc(C)n1. The van der Waals surface area contributed by atoms with Gasteiger partial charge in [-0.25, -0.2) is 14.8 Å². The van der Waals surface area contributed by atoms with E-state index in [9.17, 15) is 4.79 Å². The number of hydrogen-bond acceptors (Lipinski definition) is 4. The molecule has 0 aliphatic rings. The van der Waals surface area contributed by atoms with Gasteiger partial charge < -0.3 is 4.74 Å². The van der Waals surface area contributed by atoms with Gasteiger partial charge in [-0.2, -0.15) is 0 Å². The Bertz CT molecular complexity index is 410.